The number of nitrogens with zero attached hydrogens (tertiary/aromatic N) is 1. The van der Waals surface area contributed by atoms with Crippen molar-refractivity contribution in [2.24, 2.45) is 0 Å². The van der Waals surface area contributed by atoms with Crippen molar-refractivity contribution in [3.63, 3.8) is 0 Å². The molecule has 0 radical (unpaired) electrons. The Morgan fingerprint density at radius 2 is 2.06 bits per heavy atom. The van der Waals surface area contributed by atoms with Crippen molar-refractivity contribution < 1.29 is 24.4 Å². The van der Waals surface area contributed by atoms with E-state index in [0.29, 0.717) is 0 Å². The first-order chi connectivity index (χ1) is 8.40. The lowest BCUT2D eigenvalue weighted by atomic mass is 9.94. The molecule has 1 atom stereocenters. The maximum Gasteiger partial charge on any atom is 0.343 e. The fourth-order valence-corrected chi connectivity index (χ4v) is 1.61. The molecule has 0 saturated carbocycles. The molecule has 0 aliphatic carbocycles. The number of carboxylic acid groups (broad SMARTS) is 1. The largest absolute Gasteiger partial charge is 0.477 e. The molecule has 7 nitrogen and oxygen atoms in total. The van der Waals surface area contributed by atoms with Crippen LogP contribution in [0.3, 0.4) is 0 Å². The Hall–Kier alpha value is -2.44. The van der Waals surface area contributed by atoms with E-state index in [1.807, 2.05) is 0 Å². The molecule has 1 N–H and O–H groups in total. The van der Waals surface area contributed by atoms with Crippen molar-refractivity contribution in [1.29, 1.82) is 0 Å². The number of hydrogen-bond donors (Lipinski definition) is 1. The minimum absolute atomic E-state index is 0.0588. The Balaban J connectivity index is 3.45. The van der Waals surface area contributed by atoms with Crippen LogP contribution in [-0.2, 0) is 9.53 Å². The smallest absolute Gasteiger partial charge is 0.343 e. The van der Waals surface area contributed by atoms with E-state index >= 15 is 0 Å². The second kappa shape index (κ2) is 5.26. The van der Waals surface area contributed by atoms with E-state index < -0.39 is 34.0 Å². The molecule has 0 aliphatic heterocycles. The molecule has 0 fully saturated rings. The van der Waals surface area contributed by atoms with E-state index in [9.17, 15) is 19.7 Å². The van der Waals surface area contributed by atoms with E-state index in [0.717, 1.165) is 13.2 Å². The maximum atomic E-state index is 11.4. The Morgan fingerprint density at radius 1 is 1.44 bits per heavy atom. The van der Waals surface area contributed by atoms with Crippen LogP contribution in [0.2, 0.25) is 0 Å². The predicted octanol–water partition coefficient (Wildman–Crippen LogP) is 1.57. The van der Waals surface area contributed by atoms with Gasteiger partial charge in [-0.25, -0.2) is 4.79 Å². The maximum absolute atomic E-state index is 11.4. The second-order valence-corrected chi connectivity index (χ2v) is 3.55. The van der Waals surface area contributed by atoms with Crippen molar-refractivity contribution in [2.45, 2.75) is 12.8 Å². The molecular weight excluding hydrogens is 242 g/mol. The van der Waals surface area contributed by atoms with Crippen molar-refractivity contribution in [2.75, 3.05) is 7.11 Å². The number of methoxy groups -OCH3 is 1. The zero-order valence-electron chi connectivity index (χ0n) is 9.75. The van der Waals surface area contributed by atoms with Gasteiger partial charge in [0.15, 0.2) is 0 Å². The molecular formula is C11H11NO6. The molecule has 96 valence electrons. The summed E-state index contributed by atoms with van der Waals surface area (Å²) in [6.07, 6.45) is 0. The first kappa shape index (κ1) is 13.6. The lowest BCUT2D eigenvalue weighted by Gasteiger charge is -2.12. The summed E-state index contributed by atoms with van der Waals surface area (Å²) in [5.74, 6) is -2.99. The quantitative estimate of drug-likeness (QED) is 0.495. The summed E-state index contributed by atoms with van der Waals surface area (Å²) in [5.41, 5.74) is -0.972. The van der Waals surface area contributed by atoms with Crippen molar-refractivity contribution in [3.05, 3.63) is 39.4 Å². The minimum Gasteiger partial charge on any atom is -0.477 e. The number of carbonyl (C=O) groups is 2. The minimum atomic E-state index is -1.45. The molecule has 0 aliphatic rings. The molecule has 7 heteroatoms. The summed E-state index contributed by atoms with van der Waals surface area (Å²) < 4.78 is 4.50. The van der Waals surface area contributed by atoms with Crippen LogP contribution >= 0.6 is 0 Å². The van der Waals surface area contributed by atoms with Crippen LogP contribution in [0.4, 0.5) is 5.69 Å². The highest BCUT2D eigenvalue weighted by molar-refractivity contribution is 5.96. The second-order valence-electron chi connectivity index (χ2n) is 3.55. The van der Waals surface area contributed by atoms with Gasteiger partial charge in [0.25, 0.3) is 5.69 Å². The third-order valence-electron chi connectivity index (χ3n) is 2.51. The van der Waals surface area contributed by atoms with Crippen molar-refractivity contribution in [1.82, 2.24) is 0 Å². The number of ether oxygens (including phenoxy) is 1. The number of nitro groups is 1. The fourth-order valence-electron chi connectivity index (χ4n) is 1.61. The predicted molar refractivity (Wildman–Crippen MR) is 60.5 cm³/mol. The number of hydrogen-bond acceptors (Lipinski definition) is 5. The molecule has 0 bridgehead atoms. The third kappa shape index (κ3) is 2.45. The number of aromatic carboxylic acids is 1. The molecule has 0 spiro atoms. The monoisotopic (exact) mass is 253 g/mol. The van der Waals surface area contributed by atoms with Gasteiger partial charge in [-0.3, -0.25) is 14.9 Å². The van der Waals surface area contributed by atoms with Crippen LogP contribution < -0.4 is 0 Å². The van der Waals surface area contributed by atoms with E-state index in [1.165, 1.54) is 19.1 Å². The van der Waals surface area contributed by atoms with Gasteiger partial charge >= 0.3 is 11.9 Å². The van der Waals surface area contributed by atoms with E-state index in [-0.39, 0.29) is 5.56 Å². The van der Waals surface area contributed by atoms with E-state index in [2.05, 4.69) is 4.74 Å². The van der Waals surface area contributed by atoms with Gasteiger partial charge in [0.1, 0.15) is 5.56 Å². The van der Waals surface area contributed by atoms with Crippen molar-refractivity contribution in [3.8, 4) is 0 Å². The molecule has 0 aromatic heterocycles. The lowest BCUT2D eigenvalue weighted by molar-refractivity contribution is -0.385. The number of benzene rings is 1. The normalized spacial score (nSPS) is 11.7. The average Bonchev–Trinajstić information content (AvgIpc) is 2.35. The highest BCUT2D eigenvalue weighted by atomic mass is 16.6. The van der Waals surface area contributed by atoms with Gasteiger partial charge in [0, 0.05) is 6.07 Å². The van der Waals surface area contributed by atoms with Crippen LogP contribution in [0.15, 0.2) is 18.2 Å². The van der Waals surface area contributed by atoms with Crippen LogP contribution in [0.5, 0.6) is 0 Å². The number of carbonyl (C=O) groups excluding carboxylic acids is 1. The molecule has 1 aromatic carbocycles. The SMILES string of the molecule is COC(=O)C(C)c1cccc([N+](=O)[O-])c1C(=O)O. The van der Waals surface area contributed by atoms with Gasteiger partial charge in [-0.1, -0.05) is 12.1 Å². The Bertz CT molecular complexity index is 510. The number of esters is 1. The highest BCUT2D eigenvalue weighted by Gasteiger charge is 2.29. The van der Waals surface area contributed by atoms with Gasteiger partial charge < -0.3 is 9.84 Å². The van der Waals surface area contributed by atoms with Gasteiger partial charge in [0.05, 0.1) is 18.0 Å². The van der Waals surface area contributed by atoms with Crippen molar-refractivity contribution >= 4 is 17.6 Å². The molecule has 18 heavy (non-hydrogen) atoms. The zero-order chi connectivity index (χ0) is 13.9. The summed E-state index contributed by atoms with van der Waals surface area (Å²) in [6, 6.07) is 3.77. The summed E-state index contributed by atoms with van der Waals surface area (Å²) in [6.45, 7) is 1.43. The molecule has 1 aromatic rings. The summed E-state index contributed by atoms with van der Waals surface area (Å²) in [4.78, 5) is 32.5. The van der Waals surface area contributed by atoms with Gasteiger partial charge in [-0.15, -0.1) is 0 Å². The van der Waals surface area contributed by atoms with Gasteiger partial charge in [-0.05, 0) is 12.5 Å². The number of rotatable bonds is 4. The summed E-state index contributed by atoms with van der Waals surface area (Å²) in [5, 5.41) is 19.8. The molecule has 1 unspecified atom stereocenters. The number of carboxylic acids is 1. The third-order valence-corrected chi connectivity index (χ3v) is 2.51. The van der Waals surface area contributed by atoms with E-state index in [4.69, 9.17) is 5.11 Å². The zero-order valence-corrected chi connectivity index (χ0v) is 9.75. The van der Waals surface area contributed by atoms with E-state index in [1.54, 1.807) is 0 Å². The molecule has 0 saturated heterocycles. The fraction of sp³-hybridized carbons (Fsp3) is 0.273. The average molecular weight is 253 g/mol. The van der Waals surface area contributed by atoms with Crippen LogP contribution in [0.1, 0.15) is 28.8 Å². The van der Waals surface area contributed by atoms with Gasteiger partial charge in [0.2, 0.25) is 0 Å². The molecule has 0 heterocycles. The first-order valence-corrected chi connectivity index (χ1v) is 4.98. The van der Waals surface area contributed by atoms with Gasteiger partial charge in [-0.2, -0.15) is 0 Å². The Morgan fingerprint density at radius 3 is 2.50 bits per heavy atom. The summed E-state index contributed by atoms with van der Waals surface area (Å²) >= 11 is 0. The Kier molecular flexibility index (Phi) is 3.98. The number of nitro benzene ring substituents is 1. The standard InChI is InChI=1S/C11H11NO6/c1-6(11(15)18-2)7-4-3-5-8(12(16)17)9(7)10(13)14/h3-6H,1-2H3,(H,13,14). The van der Waals surface area contributed by atoms with Crippen LogP contribution in [0, 0.1) is 10.1 Å². The Labute approximate surface area is 102 Å². The first-order valence-electron chi connectivity index (χ1n) is 4.98. The highest BCUT2D eigenvalue weighted by Crippen LogP contribution is 2.28. The molecule has 0 amide bonds. The lowest BCUT2D eigenvalue weighted by Crippen LogP contribution is -2.16. The van der Waals surface area contributed by atoms with Crippen LogP contribution in [-0.4, -0.2) is 29.1 Å². The topological polar surface area (TPSA) is 107 Å². The summed E-state index contributed by atoms with van der Waals surface area (Å²) in [7, 11) is 1.16. The molecule has 1 rings (SSSR count). The van der Waals surface area contributed by atoms with Crippen LogP contribution in [0.25, 0.3) is 0 Å².